The van der Waals surface area contributed by atoms with Crippen molar-refractivity contribution in [1.82, 2.24) is 0 Å². The third-order valence-corrected chi connectivity index (χ3v) is 7.18. The Kier molecular flexibility index (Phi) is 4.10. The molecule has 0 N–H and O–H groups in total. The van der Waals surface area contributed by atoms with Gasteiger partial charge in [0, 0.05) is 15.9 Å². The van der Waals surface area contributed by atoms with Crippen LogP contribution in [0, 0.1) is 0 Å². The summed E-state index contributed by atoms with van der Waals surface area (Å²) in [6.07, 6.45) is 2.82. The first-order valence-corrected chi connectivity index (χ1v) is 8.97. The van der Waals surface area contributed by atoms with E-state index in [0.717, 1.165) is 22.3 Å². The first-order valence-electron chi connectivity index (χ1n) is 7.26. The van der Waals surface area contributed by atoms with Crippen LogP contribution in [0.25, 0.3) is 0 Å². The van der Waals surface area contributed by atoms with Crippen molar-refractivity contribution in [1.29, 1.82) is 0 Å². The maximum Gasteiger partial charge on any atom is 0.169 e. The summed E-state index contributed by atoms with van der Waals surface area (Å²) in [5.41, 5.74) is 0. The minimum absolute atomic E-state index is 0.106. The van der Waals surface area contributed by atoms with Gasteiger partial charge < -0.3 is 9.30 Å². The zero-order valence-corrected chi connectivity index (χ0v) is 13.0. The summed E-state index contributed by atoms with van der Waals surface area (Å²) in [6.45, 7) is 2.69. The van der Waals surface area contributed by atoms with Gasteiger partial charge in [-0.3, -0.25) is 0 Å². The fourth-order valence-corrected chi connectivity index (χ4v) is 5.86. The summed E-state index contributed by atoms with van der Waals surface area (Å²) in [5, 5.41) is 2.67. The van der Waals surface area contributed by atoms with E-state index in [-0.39, 0.29) is 6.10 Å². The predicted molar refractivity (Wildman–Crippen MR) is 87.9 cm³/mol. The number of rotatable bonds is 3. The van der Waals surface area contributed by atoms with Gasteiger partial charge in [0.05, 0.1) is 12.7 Å². The molecule has 1 atom stereocenters. The van der Waals surface area contributed by atoms with E-state index in [0.29, 0.717) is 6.61 Å². The lowest BCUT2D eigenvalue weighted by molar-refractivity contribution is 0.0888. The monoisotopic (exact) mass is 298 g/mol. The van der Waals surface area contributed by atoms with E-state index in [2.05, 4.69) is 6.08 Å². The first-order chi connectivity index (χ1) is 10.2. The van der Waals surface area contributed by atoms with Crippen molar-refractivity contribution in [3.8, 4) is 0 Å². The Hall–Kier alpha value is -1.63. The molecule has 3 heteroatoms. The van der Waals surface area contributed by atoms with Crippen LogP contribution in [0.4, 0.5) is 0 Å². The molecule has 0 bridgehead atoms. The fraction of sp³-hybridized carbons (Fsp3) is 0.222. The Morgan fingerprint density at radius 2 is 1.48 bits per heavy atom. The summed E-state index contributed by atoms with van der Waals surface area (Å²) in [6, 6.07) is 19.5. The van der Waals surface area contributed by atoms with Gasteiger partial charge in [-0.05, 0) is 13.3 Å². The maximum absolute atomic E-state index is 14.0. The van der Waals surface area contributed by atoms with Crippen LogP contribution in [0.2, 0.25) is 0 Å². The summed E-state index contributed by atoms with van der Waals surface area (Å²) in [7, 11) is -2.82. The molecule has 0 radical (unpaired) electrons. The van der Waals surface area contributed by atoms with E-state index < -0.39 is 7.14 Å². The van der Waals surface area contributed by atoms with Crippen LogP contribution in [-0.4, -0.2) is 12.7 Å². The SMILES string of the molecule is CC1OCCC=C1P(=O)(c1ccccc1)c1ccccc1. The molecule has 108 valence electrons. The van der Waals surface area contributed by atoms with Gasteiger partial charge >= 0.3 is 0 Å². The predicted octanol–water partition coefficient (Wildman–Crippen LogP) is 3.69. The number of hydrogen-bond donors (Lipinski definition) is 0. The zero-order chi connectivity index (χ0) is 14.7. The van der Waals surface area contributed by atoms with Crippen molar-refractivity contribution in [3.05, 3.63) is 72.1 Å². The highest BCUT2D eigenvalue weighted by Gasteiger charge is 2.35. The second kappa shape index (κ2) is 6.01. The number of ether oxygens (including phenoxy) is 1. The first kappa shape index (κ1) is 14.3. The molecule has 0 amide bonds. The standard InChI is InChI=1S/C18H19O2P/c1-15-18(13-8-14-20-15)21(19,16-9-4-2-5-10-16)17-11-6-3-7-12-17/h2-7,9-13,15H,8,14H2,1H3. The molecule has 1 unspecified atom stereocenters. The van der Waals surface area contributed by atoms with Gasteiger partial charge in [0.1, 0.15) is 0 Å². The smallest absolute Gasteiger partial charge is 0.169 e. The molecule has 0 spiro atoms. The molecule has 2 aromatic carbocycles. The lowest BCUT2D eigenvalue weighted by atomic mass is 10.2. The normalized spacial score (nSPS) is 19.1. The van der Waals surface area contributed by atoms with Crippen molar-refractivity contribution in [2.24, 2.45) is 0 Å². The second-order valence-electron chi connectivity index (χ2n) is 5.21. The molecule has 0 saturated heterocycles. The molecule has 2 aromatic rings. The average Bonchev–Trinajstić information content (AvgIpc) is 2.56. The highest BCUT2D eigenvalue weighted by atomic mass is 31.2. The van der Waals surface area contributed by atoms with Crippen LogP contribution in [0.1, 0.15) is 13.3 Å². The third-order valence-electron chi connectivity index (χ3n) is 3.86. The Morgan fingerprint density at radius 3 is 1.95 bits per heavy atom. The Labute approximate surface area is 125 Å². The van der Waals surface area contributed by atoms with Gasteiger partial charge in [-0.15, -0.1) is 0 Å². The summed E-state index contributed by atoms with van der Waals surface area (Å²) in [4.78, 5) is 0. The molecular formula is C18H19O2P. The quantitative estimate of drug-likeness (QED) is 0.808. The second-order valence-corrected chi connectivity index (χ2v) is 7.98. The van der Waals surface area contributed by atoms with Gasteiger partial charge in [0.25, 0.3) is 0 Å². The van der Waals surface area contributed by atoms with Gasteiger partial charge in [-0.25, -0.2) is 0 Å². The highest BCUT2D eigenvalue weighted by Crippen LogP contribution is 2.54. The molecule has 21 heavy (non-hydrogen) atoms. The van der Waals surface area contributed by atoms with Crippen molar-refractivity contribution in [3.63, 3.8) is 0 Å². The summed E-state index contributed by atoms with van der Waals surface area (Å²) < 4.78 is 19.8. The minimum Gasteiger partial charge on any atom is -0.373 e. The largest absolute Gasteiger partial charge is 0.373 e. The molecule has 1 aliphatic heterocycles. The van der Waals surface area contributed by atoms with Gasteiger partial charge in [-0.2, -0.15) is 0 Å². The lowest BCUT2D eigenvalue weighted by Crippen LogP contribution is -2.25. The average molecular weight is 298 g/mol. The van der Waals surface area contributed by atoms with Crippen molar-refractivity contribution < 1.29 is 9.30 Å². The Morgan fingerprint density at radius 1 is 0.952 bits per heavy atom. The van der Waals surface area contributed by atoms with Crippen LogP contribution >= 0.6 is 7.14 Å². The summed E-state index contributed by atoms with van der Waals surface area (Å²) in [5.74, 6) is 0. The molecule has 0 aliphatic carbocycles. The van der Waals surface area contributed by atoms with Gasteiger partial charge in [-0.1, -0.05) is 66.7 Å². The van der Waals surface area contributed by atoms with E-state index in [1.807, 2.05) is 67.6 Å². The molecule has 2 nitrogen and oxygen atoms in total. The number of benzene rings is 2. The zero-order valence-electron chi connectivity index (χ0n) is 12.1. The minimum atomic E-state index is -2.82. The molecule has 0 aromatic heterocycles. The van der Waals surface area contributed by atoms with E-state index >= 15 is 0 Å². The van der Waals surface area contributed by atoms with Crippen LogP contribution in [0.5, 0.6) is 0 Å². The van der Waals surface area contributed by atoms with Crippen LogP contribution in [0.3, 0.4) is 0 Å². The molecular weight excluding hydrogens is 279 g/mol. The van der Waals surface area contributed by atoms with Gasteiger partial charge in [0.15, 0.2) is 7.14 Å². The van der Waals surface area contributed by atoms with E-state index in [9.17, 15) is 4.57 Å². The number of hydrogen-bond acceptors (Lipinski definition) is 2. The van der Waals surface area contributed by atoms with Crippen molar-refractivity contribution in [2.45, 2.75) is 19.4 Å². The van der Waals surface area contributed by atoms with Crippen LogP contribution in [-0.2, 0) is 9.30 Å². The van der Waals surface area contributed by atoms with Gasteiger partial charge in [0.2, 0.25) is 0 Å². The maximum atomic E-state index is 14.0. The van der Waals surface area contributed by atoms with E-state index in [1.54, 1.807) is 0 Å². The van der Waals surface area contributed by atoms with Crippen molar-refractivity contribution >= 4 is 17.8 Å². The Balaban J connectivity index is 2.21. The molecule has 1 heterocycles. The summed E-state index contributed by atoms with van der Waals surface area (Å²) >= 11 is 0. The fourth-order valence-electron chi connectivity index (χ4n) is 2.81. The van der Waals surface area contributed by atoms with Crippen LogP contribution < -0.4 is 10.6 Å². The topological polar surface area (TPSA) is 26.3 Å². The molecule has 0 saturated carbocycles. The molecule has 0 fully saturated rings. The highest BCUT2D eigenvalue weighted by molar-refractivity contribution is 7.82. The van der Waals surface area contributed by atoms with E-state index in [4.69, 9.17) is 4.74 Å². The van der Waals surface area contributed by atoms with Crippen molar-refractivity contribution in [2.75, 3.05) is 6.61 Å². The lowest BCUT2D eigenvalue weighted by Gasteiger charge is -2.29. The molecule has 3 rings (SSSR count). The Bertz CT molecular complexity index is 633. The van der Waals surface area contributed by atoms with Crippen LogP contribution in [0.15, 0.2) is 72.1 Å². The molecule has 1 aliphatic rings. The third kappa shape index (κ3) is 2.62. The van der Waals surface area contributed by atoms with E-state index in [1.165, 1.54) is 0 Å².